The van der Waals surface area contributed by atoms with Crippen molar-refractivity contribution >= 4 is 0 Å². The fourth-order valence-corrected chi connectivity index (χ4v) is 1.74. The van der Waals surface area contributed by atoms with Crippen LogP contribution >= 0.6 is 0 Å². The van der Waals surface area contributed by atoms with Crippen molar-refractivity contribution in [2.45, 2.75) is 39.2 Å². The Morgan fingerprint density at radius 2 is 2.00 bits per heavy atom. The fourth-order valence-electron chi connectivity index (χ4n) is 1.74. The molecule has 1 aromatic rings. The molecule has 1 atom stereocenters. The van der Waals surface area contributed by atoms with Gasteiger partial charge in [0.25, 0.3) is 0 Å². The van der Waals surface area contributed by atoms with Crippen molar-refractivity contribution in [1.82, 2.24) is 5.32 Å². The lowest BCUT2D eigenvalue weighted by molar-refractivity contribution is 0.385. The summed E-state index contributed by atoms with van der Waals surface area (Å²) in [5, 5.41) is 3.36. The topological polar surface area (TPSA) is 21.3 Å². The third-order valence-corrected chi connectivity index (χ3v) is 2.87. The van der Waals surface area contributed by atoms with Crippen LogP contribution in [0.15, 0.2) is 18.2 Å². The molecule has 1 aromatic carbocycles. The SMILES string of the molecule is COc1ccc(C(C)CCNC(C)C)cc1F. The van der Waals surface area contributed by atoms with E-state index in [1.807, 2.05) is 6.07 Å². The highest BCUT2D eigenvalue weighted by Crippen LogP contribution is 2.24. The molecule has 0 aromatic heterocycles. The summed E-state index contributed by atoms with van der Waals surface area (Å²) in [5.74, 6) is 0.372. The summed E-state index contributed by atoms with van der Waals surface area (Å²) in [4.78, 5) is 0. The molecule has 2 nitrogen and oxygen atoms in total. The Balaban J connectivity index is 2.57. The zero-order valence-electron chi connectivity index (χ0n) is 11.1. The molecule has 0 saturated carbocycles. The summed E-state index contributed by atoms with van der Waals surface area (Å²) in [6.45, 7) is 7.31. The molecule has 0 amide bonds. The van der Waals surface area contributed by atoms with Crippen LogP contribution in [0.4, 0.5) is 4.39 Å². The van der Waals surface area contributed by atoms with Gasteiger partial charge in [-0.15, -0.1) is 0 Å². The van der Waals surface area contributed by atoms with Crippen molar-refractivity contribution in [3.8, 4) is 5.75 Å². The molecule has 1 unspecified atom stereocenters. The van der Waals surface area contributed by atoms with Crippen LogP contribution in [0.25, 0.3) is 0 Å². The van der Waals surface area contributed by atoms with Gasteiger partial charge in [0, 0.05) is 6.04 Å². The van der Waals surface area contributed by atoms with E-state index in [-0.39, 0.29) is 5.82 Å². The number of rotatable bonds is 6. The minimum Gasteiger partial charge on any atom is -0.494 e. The van der Waals surface area contributed by atoms with Gasteiger partial charge in [0.05, 0.1) is 7.11 Å². The van der Waals surface area contributed by atoms with E-state index in [1.165, 1.54) is 7.11 Å². The predicted octanol–water partition coefficient (Wildman–Crippen LogP) is 3.33. The maximum Gasteiger partial charge on any atom is 0.165 e. The second kappa shape index (κ2) is 6.60. The zero-order valence-corrected chi connectivity index (χ0v) is 11.1. The molecule has 0 saturated heterocycles. The van der Waals surface area contributed by atoms with Gasteiger partial charge < -0.3 is 10.1 Å². The standard InChI is InChI=1S/C14H22FNO/c1-10(2)16-8-7-11(3)12-5-6-14(17-4)13(15)9-12/h5-6,9-11,16H,7-8H2,1-4H3. The molecule has 0 spiro atoms. The number of hydrogen-bond acceptors (Lipinski definition) is 2. The summed E-state index contributed by atoms with van der Waals surface area (Å²) >= 11 is 0. The van der Waals surface area contributed by atoms with Gasteiger partial charge in [-0.1, -0.05) is 26.8 Å². The van der Waals surface area contributed by atoms with Gasteiger partial charge in [0.2, 0.25) is 0 Å². The molecule has 0 radical (unpaired) electrons. The third kappa shape index (κ3) is 4.35. The first kappa shape index (κ1) is 14.0. The molecular formula is C14H22FNO. The van der Waals surface area contributed by atoms with E-state index < -0.39 is 0 Å². The first-order valence-electron chi connectivity index (χ1n) is 6.11. The molecule has 0 fully saturated rings. The van der Waals surface area contributed by atoms with E-state index in [2.05, 4.69) is 26.1 Å². The molecule has 0 aliphatic carbocycles. The Morgan fingerprint density at radius 3 is 2.53 bits per heavy atom. The summed E-state index contributed by atoms with van der Waals surface area (Å²) in [7, 11) is 1.48. The Hall–Kier alpha value is -1.09. The van der Waals surface area contributed by atoms with Gasteiger partial charge in [0.15, 0.2) is 11.6 Å². The number of hydrogen-bond donors (Lipinski definition) is 1. The van der Waals surface area contributed by atoms with Crippen molar-refractivity contribution in [2.75, 3.05) is 13.7 Å². The fraction of sp³-hybridized carbons (Fsp3) is 0.571. The first-order chi connectivity index (χ1) is 8.04. The summed E-state index contributed by atoms with van der Waals surface area (Å²) in [6.07, 6.45) is 1.00. The Morgan fingerprint density at radius 1 is 1.29 bits per heavy atom. The van der Waals surface area contributed by atoms with Crippen LogP contribution in [0.2, 0.25) is 0 Å². The van der Waals surface area contributed by atoms with Gasteiger partial charge in [-0.05, 0) is 36.6 Å². The van der Waals surface area contributed by atoms with Crippen LogP contribution in [0, 0.1) is 5.82 Å². The summed E-state index contributed by atoms with van der Waals surface area (Å²) in [6, 6.07) is 5.69. The normalized spacial score (nSPS) is 12.8. The van der Waals surface area contributed by atoms with Gasteiger partial charge >= 0.3 is 0 Å². The van der Waals surface area contributed by atoms with Gasteiger partial charge in [-0.2, -0.15) is 0 Å². The highest BCUT2D eigenvalue weighted by Gasteiger charge is 2.09. The molecule has 17 heavy (non-hydrogen) atoms. The van der Waals surface area contributed by atoms with Crippen molar-refractivity contribution < 1.29 is 9.13 Å². The zero-order chi connectivity index (χ0) is 12.8. The van der Waals surface area contributed by atoms with Crippen molar-refractivity contribution in [3.63, 3.8) is 0 Å². The van der Waals surface area contributed by atoms with Crippen LogP contribution in [-0.4, -0.2) is 19.7 Å². The molecule has 0 heterocycles. The van der Waals surface area contributed by atoms with Gasteiger partial charge in [-0.25, -0.2) is 4.39 Å². The lowest BCUT2D eigenvalue weighted by atomic mass is 9.97. The number of nitrogens with one attached hydrogen (secondary N) is 1. The quantitative estimate of drug-likeness (QED) is 0.822. The van der Waals surface area contributed by atoms with Crippen molar-refractivity contribution in [2.24, 2.45) is 0 Å². The lowest BCUT2D eigenvalue weighted by Crippen LogP contribution is -2.24. The number of benzene rings is 1. The second-order valence-electron chi connectivity index (χ2n) is 4.69. The Kier molecular flexibility index (Phi) is 5.42. The minimum atomic E-state index is -0.284. The smallest absolute Gasteiger partial charge is 0.165 e. The van der Waals surface area contributed by atoms with Crippen LogP contribution in [0.3, 0.4) is 0 Å². The summed E-state index contributed by atoms with van der Waals surface area (Å²) in [5.41, 5.74) is 1.02. The number of ether oxygens (including phenoxy) is 1. The molecule has 1 N–H and O–H groups in total. The molecule has 96 valence electrons. The molecule has 0 aliphatic heterocycles. The average molecular weight is 239 g/mol. The highest BCUT2D eigenvalue weighted by molar-refractivity contribution is 5.31. The molecular weight excluding hydrogens is 217 g/mol. The van der Waals surface area contributed by atoms with Crippen LogP contribution in [0.5, 0.6) is 5.75 Å². The molecule has 1 rings (SSSR count). The molecule has 0 bridgehead atoms. The van der Waals surface area contributed by atoms with E-state index in [4.69, 9.17) is 4.74 Å². The number of halogens is 1. The van der Waals surface area contributed by atoms with E-state index in [1.54, 1.807) is 12.1 Å². The van der Waals surface area contributed by atoms with Crippen molar-refractivity contribution in [3.05, 3.63) is 29.6 Å². The van der Waals surface area contributed by atoms with E-state index in [0.29, 0.717) is 17.7 Å². The summed E-state index contributed by atoms with van der Waals surface area (Å²) < 4.78 is 18.4. The predicted molar refractivity (Wildman–Crippen MR) is 69.1 cm³/mol. The van der Waals surface area contributed by atoms with Crippen molar-refractivity contribution in [1.29, 1.82) is 0 Å². The molecule has 3 heteroatoms. The maximum atomic E-state index is 13.5. The van der Waals surface area contributed by atoms with Crippen LogP contribution in [-0.2, 0) is 0 Å². The monoisotopic (exact) mass is 239 g/mol. The van der Waals surface area contributed by atoms with E-state index in [0.717, 1.165) is 18.5 Å². The second-order valence-corrected chi connectivity index (χ2v) is 4.69. The maximum absolute atomic E-state index is 13.5. The van der Waals surface area contributed by atoms with Crippen LogP contribution < -0.4 is 10.1 Å². The number of methoxy groups -OCH3 is 1. The highest BCUT2D eigenvalue weighted by atomic mass is 19.1. The Bertz CT molecular complexity index is 352. The van der Waals surface area contributed by atoms with Crippen LogP contribution in [0.1, 0.15) is 38.7 Å². The lowest BCUT2D eigenvalue weighted by Gasteiger charge is -2.14. The minimum absolute atomic E-state index is 0.284. The molecule has 0 aliphatic rings. The van der Waals surface area contributed by atoms with Gasteiger partial charge in [0.1, 0.15) is 0 Å². The van der Waals surface area contributed by atoms with E-state index in [9.17, 15) is 4.39 Å². The van der Waals surface area contributed by atoms with Gasteiger partial charge in [-0.3, -0.25) is 0 Å². The third-order valence-electron chi connectivity index (χ3n) is 2.87. The average Bonchev–Trinajstić information content (AvgIpc) is 2.28. The Labute approximate surface area is 103 Å². The largest absolute Gasteiger partial charge is 0.494 e. The first-order valence-corrected chi connectivity index (χ1v) is 6.11. The van der Waals surface area contributed by atoms with E-state index >= 15 is 0 Å².